The van der Waals surface area contributed by atoms with Crippen molar-refractivity contribution in [3.05, 3.63) is 89.4 Å². The number of benzene rings is 3. The predicted octanol–water partition coefficient (Wildman–Crippen LogP) is 6.17. The molecule has 1 unspecified atom stereocenters. The minimum atomic E-state index is -0.400. The fourth-order valence-electron chi connectivity index (χ4n) is 2.94. The molecule has 0 heterocycles. The molecule has 1 atom stereocenters. The molecular formula is C24H22ClNO3S. The van der Waals surface area contributed by atoms with E-state index in [4.69, 9.17) is 16.3 Å². The summed E-state index contributed by atoms with van der Waals surface area (Å²) in [6.07, 6.45) is 0.602. The number of para-hydroxylation sites is 1. The number of rotatable bonds is 8. The van der Waals surface area contributed by atoms with E-state index in [-0.39, 0.29) is 18.4 Å². The SMILES string of the molecule is CCC(C(=O)OCC(=O)Nc1ccccc1Sc1ccc(Cl)cc1)c1ccccc1. The molecule has 0 aliphatic rings. The second-order valence-corrected chi connectivity index (χ2v) is 8.13. The second-order valence-electron chi connectivity index (χ2n) is 6.58. The normalized spacial score (nSPS) is 11.5. The van der Waals surface area contributed by atoms with E-state index >= 15 is 0 Å². The topological polar surface area (TPSA) is 55.4 Å². The molecule has 0 aromatic heterocycles. The molecule has 1 N–H and O–H groups in total. The van der Waals surface area contributed by atoms with E-state index < -0.39 is 5.97 Å². The first kappa shape index (κ1) is 21.9. The highest BCUT2D eigenvalue weighted by atomic mass is 35.5. The zero-order chi connectivity index (χ0) is 21.3. The van der Waals surface area contributed by atoms with Crippen LogP contribution in [0.15, 0.2) is 88.7 Å². The standard InChI is InChI=1S/C24H22ClNO3S/c1-2-20(17-8-4-3-5-9-17)24(28)29-16-23(27)26-21-10-6-7-11-22(21)30-19-14-12-18(25)13-15-19/h3-15,20H,2,16H2,1H3,(H,26,27). The van der Waals surface area contributed by atoms with Crippen molar-refractivity contribution in [1.29, 1.82) is 0 Å². The molecule has 30 heavy (non-hydrogen) atoms. The Balaban J connectivity index is 1.60. The van der Waals surface area contributed by atoms with Crippen LogP contribution in [0.25, 0.3) is 0 Å². The molecule has 0 saturated carbocycles. The third kappa shape index (κ3) is 6.12. The third-order valence-electron chi connectivity index (χ3n) is 4.44. The van der Waals surface area contributed by atoms with Gasteiger partial charge in [0.2, 0.25) is 0 Å². The van der Waals surface area contributed by atoms with Crippen LogP contribution in [-0.2, 0) is 14.3 Å². The monoisotopic (exact) mass is 439 g/mol. The summed E-state index contributed by atoms with van der Waals surface area (Å²) in [5, 5.41) is 3.50. The maximum Gasteiger partial charge on any atom is 0.313 e. The summed E-state index contributed by atoms with van der Waals surface area (Å²) < 4.78 is 5.28. The Morgan fingerprint density at radius 1 is 0.967 bits per heavy atom. The molecule has 3 aromatic carbocycles. The van der Waals surface area contributed by atoms with Crippen LogP contribution in [0, 0.1) is 0 Å². The van der Waals surface area contributed by atoms with Crippen LogP contribution in [0.1, 0.15) is 24.8 Å². The maximum absolute atomic E-state index is 12.5. The van der Waals surface area contributed by atoms with Crippen LogP contribution in [0.5, 0.6) is 0 Å². The fraction of sp³-hybridized carbons (Fsp3) is 0.167. The lowest BCUT2D eigenvalue weighted by atomic mass is 9.97. The Labute approximate surface area is 185 Å². The molecule has 0 bridgehead atoms. The van der Waals surface area contributed by atoms with E-state index in [1.54, 1.807) is 0 Å². The number of hydrogen-bond donors (Lipinski definition) is 1. The molecule has 0 spiro atoms. The second kappa shape index (κ2) is 10.9. The highest BCUT2D eigenvalue weighted by molar-refractivity contribution is 7.99. The van der Waals surface area contributed by atoms with Gasteiger partial charge in [-0.05, 0) is 48.4 Å². The molecule has 0 radical (unpaired) electrons. The van der Waals surface area contributed by atoms with E-state index in [9.17, 15) is 9.59 Å². The van der Waals surface area contributed by atoms with Crippen molar-refractivity contribution in [3.63, 3.8) is 0 Å². The summed E-state index contributed by atoms with van der Waals surface area (Å²) in [5.74, 6) is -1.16. The lowest BCUT2D eigenvalue weighted by Gasteiger charge is -2.15. The summed E-state index contributed by atoms with van der Waals surface area (Å²) in [4.78, 5) is 26.7. The van der Waals surface area contributed by atoms with E-state index in [0.717, 1.165) is 15.4 Å². The number of carbonyl (C=O) groups excluding carboxylic acids is 2. The van der Waals surface area contributed by atoms with Gasteiger partial charge in [-0.2, -0.15) is 0 Å². The number of halogens is 1. The van der Waals surface area contributed by atoms with Crippen molar-refractivity contribution in [2.75, 3.05) is 11.9 Å². The molecule has 3 aromatic rings. The number of hydrogen-bond acceptors (Lipinski definition) is 4. The lowest BCUT2D eigenvalue weighted by molar-refractivity contribution is -0.149. The van der Waals surface area contributed by atoms with Crippen molar-refractivity contribution in [1.82, 2.24) is 0 Å². The molecule has 0 fully saturated rings. The Morgan fingerprint density at radius 3 is 2.33 bits per heavy atom. The summed E-state index contributed by atoms with van der Waals surface area (Å²) in [7, 11) is 0. The quantitative estimate of drug-likeness (QED) is 0.426. The van der Waals surface area contributed by atoms with Crippen LogP contribution < -0.4 is 5.32 Å². The van der Waals surface area contributed by atoms with Gasteiger partial charge in [0.1, 0.15) is 0 Å². The number of anilines is 1. The minimum Gasteiger partial charge on any atom is -0.455 e. The molecular weight excluding hydrogens is 418 g/mol. The van der Waals surface area contributed by atoms with Gasteiger partial charge in [-0.3, -0.25) is 9.59 Å². The first-order valence-corrected chi connectivity index (χ1v) is 10.8. The average Bonchev–Trinajstić information content (AvgIpc) is 2.76. The van der Waals surface area contributed by atoms with Crippen LogP contribution in [-0.4, -0.2) is 18.5 Å². The van der Waals surface area contributed by atoms with Gasteiger partial charge >= 0.3 is 5.97 Å². The van der Waals surface area contributed by atoms with Gasteiger partial charge in [0, 0.05) is 14.8 Å². The van der Waals surface area contributed by atoms with E-state index in [0.29, 0.717) is 17.1 Å². The Kier molecular flexibility index (Phi) is 7.94. The van der Waals surface area contributed by atoms with Crippen molar-refractivity contribution < 1.29 is 14.3 Å². The smallest absolute Gasteiger partial charge is 0.313 e. The fourth-order valence-corrected chi connectivity index (χ4v) is 3.96. The van der Waals surface area contributed by atoms with E-state index in [2.05, 4.69) is 5.32 Å². The van der Waals surface area contributed by atoms with E-state index in [1.165, 1.54) is 11.8 Å². The number of nitrogens with one attached hydrogen (secondary N) is 1. The number of carbonyl (C=O) groups is 2. The summed E-state index contributed by atoms with van der Waals surface area (Å²) >= 11 is 7.45. The first-order chi connectivity index (χ1) is 14.6. The third-order valence-corrected chi connectivity index (χ3v) is 5.78. The van der Waals surface area contributed by atoms with Gasteiger partial charge in [0.05, 0.1) is 11.6 Å². The summed E-state index contributed by atoms with van der Waals surface area (Å²) in [6, 6.07) is 24.4. The van der Waals surface area contributed by atoms with Gasteiger partial charge < -0.3 is 10.1 Å². The van der Waals surface area contributed by atoms with Gasteiger partial charge in [-0.1, -0.05) is 72.8 Å². The highest BCUT2D eigenvalue weighted by Gasteiger charge is 2.21. The summed E-state index contributed by atoms with van der Waals surface area (Å²) in [5.41, 5.74) is 1.55. The largest absolute Gasteiger partial charge is 0.455 e. The lowest BCUT2D eigenvalue weighted by Crippen LogP contribution is -2.24. The van der Waals surface area contributed by atoms with Gasteiger partial charge in [-0.15, -0.1) is 0 Å². The Hall–Kier alpha value is -2.76. The molecule has 0 aliphatic carbocycles. The van der Waals surface area contributed by atoms with Crippen LogP contribution in [0.4, 0.5) is 5.69 Å². The Morgan fingerprint density at radius 2 is 1.63 bits per heavy atom. The van der Waals surface area contributed by atoms with Crippen molar-refractivity contribution in [3.8, 4) is 0 Å². The van der Waals surface area contributed by atoms with Crippen molar-refractivity contribution >= 4 is 40.9 Å². The number of amides is 1. The zero-order valence-corrected chi connectivity index (χ0v) is 18.1. The molecule has 6 heteroatoms. The zero-order valence-electron chi connectivity index (χ0n) is 16.5. The van der Waals surface area contributed by atoms with Crippen LogP contribution in [0.3, 0.4) is 0 Å². The van der Waals surface area contributed by atoms with E-state index in [1.807, 2.05) is 85.8 Å². The number of ether oxygens (including phenoxy) is 1. The first-order valence-electron chi connectivity index (χ1n) is 9.60. The Bertz CT molecular complexity index is 993. The molecule has 1 amide bonds. The van der Waals surface area contributed by atoms with Crippen LogP contribution in [0.2, 0.25) is 5.02 Å². The molecule has 4 nitrogen and oxygen atoms in total. The van der Waals surface area contributed by atoms with Gasteiger partial charge in [0.15, 0.2) is 6.61 Å². The molecule has 0 aliphatic heterocycles. The van der Waals surface area contributed by atoms with Crippen molar-refractivity contribution in [2.45, 2.75) is 29.1 Å². The maximum atomic E-state index is 12.5. The van der Waals surface area contributed by atoms with Crippen molar-refractivity contribution in [2.24, 2.45) is 0 Å². The predicted molar refractivity (Wildman–Crippen MR) is 121 cm³/mol. The van der Waals surface area contributed by atoms with Gasteiger partial charge in [0.25, 0.3) is 5.91 Å². The minimum absolute atomic E-state index is 0.331. The molecule has 0 saturated heterocycles. The number of esters is 1. The molecule has 3 rings (SSSR count). The highest BCUT2D eigenvalue weighted by Crippen LogP contribution is 2.33. The summed E-state index contributed by atoms with van der Waals surface area (Å²) in [6.45, 7) is 1.59. The van der Waals surface area contributed by atoms with Crippen LogP contribution >= 0.6 is 23.4 Å². The average molecular weight is 440 g/mol. The molecule has 154 valence electrons. The van der Waals surface area contributed by atoms with Gasteiger partial charge in [-0.25, -0.2) is 0 Å².